The van der Waals surface area contributed by atoms with Gasteiger partial charge in [0.2, 0.25) is 0 Å². The van der Waals surface area contributed by atoms with Gasteiger partial charge in [-0.2, -0.15) is 0 Å². The highest BCUT2D eigenvalue weighted by molar-refractivity contribution is 5.65. The van der Waals surface area contributed by atoms with Crippen LogP contribution in [0.15, 0.2) is 48.8 Å². The highest BCUT2D eigenvalue weighted by Gasteiger charge is 2.39. The van der Waals surface area contributed by atoms with Crippen LogP contribution in [0.3, 0.4) is 0 Å². The van der Waals surface area contributed by atoms with Crippen molar-refractivity contribution in [2.75, 3.05) is 6.61 Å². The van der Waals surface area contributed by atoms with Crippen molar-refractivity contribution in [2.45, 2.75) is 25.9 Å². The topological polar surface area (TPSA) is 48.4 Å². The van der Waals surface area contributed by atoms with Gasteiger partial charge in [-0.25, -0.2) is 0 Å². The molecule has 0 amide bonds. The van der Waals surface area contributed by atoms with Crippen molar-refractivity contribution in [3.05, 3.63) is 59.9 Å². The number of carbonyl (C=O) groups is 1. The first-order chi connectivity index (χ1) is 10.7. The van der Waals surface area contributed by atoms with E-state index in [1.54, 1.807) is 6.20 Å². The van der Waals surface area contributed by atoms with Crippen LogP contribution in [-0.4, -0.2) is 17.6 Å². The van der Waals surface area contributed by atoms with Crippen LogP contribution in [0.4, 0.5) is 0 Å². The van der Waals surface area contributed by atoms with E-state index < -0.39 is 0 Å². The summed E-state index contributed by atoms with van der Waals surface area (Å²) in [5.41, 5.74) is 2.29. The van der Waals surface area contributed by atoms with E-state index in [1.807, 2.05) is 42.6 Å². The van der Waals surface area contributed by atoms with Gasteiger partial charge in [0.1, 0.15) is 12.4 Å². The molecule has 1 saturated carbocycles. The third-order valence-corrected chi connectivity index (χ3v) is 3.83. The van der Waals surface area contributed by atoms with Gasteiger partial charge < -0.3 is 9.47 Å². The first kappa shape index (κ1) is 14.6. The summed E-state index contributed by atoms with van der Waals surface area (Å²) in [5.74, 6) is 1.39. The Labute approximate surface area is 130 Å². The van der Waals surface area contributed by atoms with Crippen LogP contribution in [0.2, 0.25) is 0 Å². The fourth-order valence-electron chi connectivity index (χ4n) is 2.52. The van der Waals surface area contributed by atoms with Crippen molar-refractivity contribution in [3.63, 3.8) is 0 Å². The maximum absolute atomic E-state index is 10.8. The molecule has 0 unspecified atom stereocenters. The number of aromatic nitrogens is 1. The van der Waals surface area contributed by atoms with E-state index >= 15 is 0 Å². The van der Waals surface area contributed by atoms with Crippen LogP contribution in [0.5, 0.6) is 5.75 Å². The van der Waals surface area contributed by atoms with E-state index in [0.717, 1.165) is 23.3 Å². The Hall–Kier alpha value is -2.36. The second-order valence-corrected chi connectivity index (χ2v) is 5.63. The molecule has 1 fully saturated rings. The number of benzene rings is 1. The minimum absolute atomic E-state index is 0.219. The Morgan fingerprint density at radius 3 is 2.86 bits per heavy atom. The van der Waals surface area contributed by atoms with Gasteiger partial charge in [0.05, 0.1) is 12.8 Å². The number of hydrogen-bond acceptors (Lipinski definition) is 4. The van der Waals surface area contributed by atoms with Crippen LogP contribution in [0, 0.1) is 5.92 Å². The third-order valence-electron chi connectivity index (χ3n) is 3.83. The van der Waals surface area contributed by atoms with Gasteiger partial charge in [-0.15, -0.1) is 0 Å². The first-order valence-corrected chi connectivity index (χ1v) is 7.47. The van der Waals surface area contributed by atoms with Crippen molar-refractivity contribution in [3.8, 4) is 5.75 Å². The molecule has 3 rings (SSSR count). The molecular weight excluding hydrogens is 278 g/mol. The Bertz CT molecular complexity index is 642. The van der Waals surface area contributed by atoms with Gasteiger partial charge >= 0.3 is 5.97 Å². The Kier molecular flexibility index (Phi) is 4.37. The molecule has 1 aliphatic carbocycles. The average molecular weight is 297 g/mol. The number of esters is 1. The zero-order valence-electron chi connectivity index (χ0n) is 12.6. The van der Waals surface area contributed by atoms with E-state index in [2.05, 4.69) is 4.98 Å². The number of ether oxygens (including phenoxy) is 2. The first-order valence-electron chi connectivity index (χ1n) is 7.47. The normalized spacial score (nSPS) is 19.5. The third kappa shape index (κ3) is 3.85. The van der Waals surface area contributed by atoms with E-state index in [0.29, 0.717) is 25.0 Å². The molecule has 1 aromatic carbocycles. The molecule has 4 nitrogen and oxygen atoms in total. The van der Waals surface area contributed by atoms with E-state index in [-0.39, 0.29) is 5.97 Å². The molecule has 0 bridgehead atoms. The van der Waals surface area contributed by atoms with Crippen LogP contribution in [-0.2, 0) is 16.1 Å². The van der Waals surface area contributed by atoms with Gasteiger partial charge in [-0.05, 0) is 29.5 Å². The molecule has 22 heavy (non-hydrogen) atoms. The summed E-state index contributed by atoms with van der Waals surface area (Å²) >= 11 is 0. The second kappa shape index (κ2) is 6.60. The number of rotatable bonds is 6. The predicted octanol–water partition coefficient (Wildman–Crippen LogP) is 3.33. The summed E-state index contributed by atoms with van der Waals surface area (Å²) in [6.45, 7) is 2.47. The Morgan fingerprint density at radius 2 is 2.09 bits per heavy atom. The van der Waals surface area contributed by atoms with Crippen LogP contribution < -0.4 is 4.74 Å². The molecule has 1 aromatic heterocycles. The lowest BCUT2D eigenvalue weighted by Gasteiger charge is -2.08. The standard InChI is InChI=1S/C18H19NO3/c1-13(20)21-12-16-8-18(16)15-7-17(10-19-9-15)22-11-14-5-3-2-4-6-14/h2-7,9-10,16,18H,8,11-12H2,1H3/t16-,18-/m1/s1. The summed E-state index contributed by atoms with van der Waals surface area (Å²) < 4.78 is 10.9. The highest BCUT2D eigenvalue weighted by atomic mass is 16.5. The lowest BCUT2D eigenvalue weighted by Crippen LogP contribution is -2.03. The van der Waals surface area contributed by atoms with E-state index in [9.17, 15) is 4.79 Å². The molecule has 0 N–H and O–H groups in total. The van der Waals surface area contributed by atoms with Gasteiger partial charge in [-0.1, -0.05) is 30.3 Å². The molecule has 4 heteroatoms. The fourth-order valence-corrected chi connectivity index (χ4v) is 2.52. The van der Waals surface area contributed by atoms with Crippen molar-refractivity contribution >= 4 is 5.97 Å². The molecule has 1 aliphatic rings. The minimum Gasteiger partial charge on any atom is -0.487 e. The van der Waals surface area contributed by atoms with Crippen LogP contribution in [0.1, 0.15) is 30.4 Å². The second-order valence-electron chi connectivity index (χ2n) is 5.63. The highest BCUT2D eigenvalue weighted by Crippen LogP contribution is 2.47. The molecule has 2 aromatic rings. The van der Waals surface area contributed by atoms with Crippen molar-refractivity contribution in [1.82, 2.24) is 4.98 Å². The summed E-state index contributed by atoms with van der Waals surface area (Å²) in [7, 11) is 0. The van der Waals surface area contributed by atoms with Gasteiger partial charge in [0.25, 0.3) is 0 Å². The summed E-state index contributed by atoms with van der Waals surface area (Å²) in [4.78, 5) is 15.1. The zero-order chi connectivity index (χ0) is 15.4. The Morgan fingerprint density at radius 1 is 1.27 bits per heavy atom. The van der Waals surface area contributed by atoms with Crippen LogP contribution >= 0.6 is 0 Å². The minimum atomic E-state index is -0.219. The lowest BCUT2D eigenvalue weighted by molar-refractivity contribution is -0.141. The molecule has 0 aliphatic heterocycles. The van der Waals surface area contributed by atoms with E-state index in [4.69, 9.17) is 9.47 Å². The number of carbonyl (C=O) groups excluding carboxylic acids is 1. The average Bonchev–Trinajstić information content (AvgIpc) is 3.32. The predicted molar refractivity (Wildman–Crippen MR) is 82.5 cm³/mol. The maximum Gasteiger partial charge on any atom is 0.302 e. The van der Waals surface area contributed by atoms with Gasteiger partial charge in [0.15, 0.2) is 0 Å². The maximum atomic E-state index is 10.8. The molecule has 0 saturated heterocycles. The summed E-state index contributed by atoms with van der Waals surface area (Å²) in [5, 5.41) is 0. The molecule has 2 atom stereocenters. The Balaban J connectivity index is 1.56. The largest absolute Gasteiger partial charge is 0.487 e. The molecule has 1 heterocycles. The number of nitrogens with zero attached hydrogens (tertiary/aromatic N) is 1. The SMILES string of the molecule is CC(=O)OC[C@H]1C[C@@H]1c1cncc(OCc2ccccc2)c1. The zero-order valence-corrected chi connectivity index (χ0v) is 12.6. The van der Waals surface area contributed by atoms with Gasteiger partial charge in [-0.3, -0.25) is 9.78 Å². The summed E-state index contributed by atoms with van der Waals surface area (Å²) in [6.07, 6.45) is 4.64. The molecular formula is C18H19NO3. The van der Waals surface area contributed by atoms with Crippen molar-refractivity contribution in [1.29, 1.82) is 0 Å². The van der Waals surface area contributed by atoms with Crippen molar-refractivity contribution in [2.24, 2.45) is 5.92 Å². The number of hydrogen-bond donors (Lipinski definition) is 0. The molecule has 0 radical (unpaired) electrons. The monoisotopic (exact) mass is 297 g/mol. The van der Waals surface area contributed by atoms with Gasteiger partial charge in [0, 0.05) is 19.0 Å². The quantitative estimate of drug-likeness (QED) is 0.767. The lowest BCUT2D eigenvalue weighted by atomic mass is 10.1. The smallest absolute Gasteiger partial charge is 0.302 e. The summed E-state index contributed by atoms with van der Waals surface area (Å²) in [6, 6.07) is 12.1. The van der Waals surface area contributed by atoms with Crippen LogP contribution in [0.25, 0.3) is 0 Å². The molecule has 114 valence electrons. The van der Waals surface area contributed by atoms with E-state index in [1.165, 1.54) is 6.92 Å². The van der Waals surface area contributed by atoms with Crippen molar-refractivity contribution < 1.29 is 14.3 Å². The fraction of sp³-hybridized carbons (Fsp3) is 0.333. The molecule has 0 spiro atoms. The number of pyridine rings is 1.